The Balaban J connectivity index is 1.87. The summed E-state index contributed by atoms with van der Waals surface area (Å²) in [5, 5.41) is 3.21. The molecule has 2 aliphatic rings. The van der Waals surface area contributed by atoms with Crippen LogP contribution >= 0.6 is 0 Å². The van der Waals surface area contributed by atoms with Gasteiger partial charge in [-0.15, -0.1) is 0 Å². The Morgan fingerprint density at radius 2 is 1.95 bits per heavy atom. The van der Waals surface area contributed by atoms with E-state index in [2.05, 4.69) is 10.3 Å². The Hall–Kier alpha value is -1.63. The predicted octanol–water partition coefficient (Wildman–Crippen LogP) is 2.21. The van der Waals surface area contributed by atoms with Crippen molar-refractivity contribution in [3.63, 3.8) is 0 Å². The van der Waals surface area contributed by atoms with Gasteiger partial charge in [-0.3, -0.25) is 9.78 Å². The van der Waals surface area contributed by atoms with E-state index in [0.29, 0.717) is 13.0 Å². The number of alkyl halides is 3. The molecular weight excluding hydrogens is 283 g/mol. The Bertz CT molecular complexity index is 553. The quantitative estimate of drug-likeness (QED) is 0.865. The molecule has 114 valence electrons. The lowest BCUT2D eigenvalue weighted by Gasteiger charge is -2.32. The number of hydrogen-bond donors (Lipinski definition) is 1. The van der Waals surface area contributed by atoms with Crippen LogP contribution in [0.1, 0.15) is 25.0 Å². The molecule has 2 aliphatic heterocycles. The highest BCUT2D eigenvalue weighted by molar-refractivity contribution is 6.00. The van der Waals surface area contributed by atoms with E-state index in [0.717, 1.165) is 38.2 Å². The third-order valence-corrected chi connectivity index (χ3v) is 4.42. The van der Waals surface area contributed by atoms with Crippen LogP contribution in [-0.2, 0) is 11.0 Å². The number of carbonyl (C=O) groups excluding carboxylic acids is 1. The van der Waals surface area contributed by atoms with Gasteiger partial charge in [-0.2, -0.15) is 13.2 Å². The largest absolute Gasteiger partial charge is 0.433 e. The van der Waals surface area contributed by atoms with Gasteiger partial charge in [0, 0.05) is 18.4 Å². The summed E-state index contributed by atoms with van der Waals surface area (Å²) in [5.74, 6) is -0.0525. The van der Waals surface area contributed by atoms with Gasteiger partial charge in [0.05, 0.1) is 5.41 Å². The third kappa shape index (κ3) is 2.50. The Morgan fingerprint density at radius 1 is 1.24 bits per heavy atom. The molecule has 21 heavy (non-hydrogen) atoms. The lowest BCUT2D eigenvalue weighted by atomic mass is 9.78. The van der Waals surface area contributed by atoms with Crippen LogP contribution in [0, 0.1) is 5.41 Å². The molecule has 1 spiro atoms. The van der Waals surface area contributed by atoms with E-state index < -0.39 is 17.3 Å². The van der Waals surface area contributed by atoms with Gasteiger partial charge in [0.1, 0.15) is 5.69 Å². The van der Waals surface area contributed by atoms with Crippen LogP contribution in [0.25, 0.3) is 0 Å². The zero-order valence-electron chi connectivity index (χ0n) is 11.4. The van der Waals surface area contributed by atoms with E-state index in [-0.39, 0.29) is 11.6 Å². The van der Waals surface area contributed by atoms with Crippen LogP contribution in [0.3, 0.4) is 0 Å². The molecule has 0 aromatic carbocycles. The lowest BCUT2D eigenvalue weighted by Crippen LogP contribution is -2.42. The zero-order valence-corrected chi connectivity index (χ0v) is 11.4. The second kappa shape index (κ2) is 4.98. The molecule has 1 aromatic heterocycles. The van der Waals surface area contributed by atoms with Crippen LogP contribution in [0.15, 0.2) is 18.3 Å². The highest BCUT2D eigenvalue weighted by Gasteiger charge is 2.47. The van der Waals surface area contributed by atoms with Crippen LogP contribution in [0.4, 0.5) is 18.9 Å². The number of hydrogen-bond acceptors (Lipinski definition) is 3. The summed E-state index contributed by atoms with van der Waals surface area (Å²) in [6, 6.07) is 2.42. The fourth-order valence-electron chi connectivity index (χ4n) is 3.18. The maximum atomic E-state index is 12.7. The number of nitrogens with one attached hydrogen (secondary N) is 1. The number of anilines is 1. The smallest absolute Gasteiger partial charge is 0.317 e. The minimum absolute atomic E-state index is 0.0525. The summed E-state index contributed by atoms with van der Waals surface area (Å²) in [4.78, 5) is 17.5. The molecule has 2 fully saturated rings. The molecule has 0 bridgehead atoms. The van der Waals surface area contributed by atoms with Gasteiger partial charge in [0.25, 0.3) is 0 Å². The number of nitrogens with zero attached hydrogens (tertiary/aromatic N) is 2. The summed E-state index contributed by atoms with van der Waals surface area (Å²) in [6.45, 7) is 2.04. The van der Waals surface area contributed by atoms with E-state index in [1.807, 2.05) is 0 Å². The van der Waals surface area contributed by atoms with Crippen molar-refractivity contribution < 1.29 is 18.0 Å². The molecule has 0 unspecified atom stereocenters. The van der Waals surface area contributed by atoms with Gasteiger partial charge in [-0.25, -0.2) is 0 Å². The summed E-state index contributed by atoms with van der Waals surface area (Å²) in [6.07, 6.45) is -1.18. The maximum absolute atomic E-state index is 12.7. The second-order valence-electron chi connectivity index (χ2n) is 5.63. The van der Waals surface area contributed by atoms with Crippen molar-refractivity contribution in [3.8, 4) is 0 Å². The van der Waals surface area contributed by atoms with Crippen LogP contribution in [0.5, 0.6) is 0 Å². The van der Waals surface area contributed by atoms with Gasteiger partial charge < -0.3 is 10.2 Å². The van der Waals surface area contributed by atoms with Crippen molar-refractivity contribution in [1.82, 2.24) is 10.3 Å². The van der Waals surface area contributed by atoms with Crippen molar-refractivity contribution in [2.75, 3.05) is 24.5 Å². The topological polar surface area (TPSA) is 45.2 Å². The number of carbonyl (C=O) groups is 1. The first-order chi connectivity index (χ1) is 9.92. The van der Waals surface area contributed by atoms with Crippen molar-refractivity contribution >= 4 is 11.6 Å². The van der Waals surface area contributed by atoms with Crippen molar-refractivity contribution in [1.29, 1.82) is 0 Å². The Labute approximate surface area is 120 Å². The molecule has 1 aromatic rings. The fourth-order valence-corrected chi connectivity index (χ4v) is 3.18. The summed E-state index contributed by atoms with van der Waals surface area (Å²) in [5.41, 5.74) is -1.07. The molecule has 2 saturated heterocycles. The number of aromatic nitrogens is 1. The number of rotatable bonds is 1. The number of pyridine rings is 1. The first-order valence-corrected chi connectivity index (χ1v) is 6.98. The molecule has 0 aliphatic carbocycles. The first-order valence-electron chi connectivity index (χ1n) is 6.98. The van der Waals surface area contributed by atoms with Crippen molar-refractivity contribution in [2.24, 2.45) is 5.41 Å². The first kappa shape index (κ1) is 14.3. The average Bonchev–Trinajstić information content (AvgIpc) is 2.76. The van der Waals surface area contributed by atoms with Crippen LogP contribution in [0.2, 0.25) is 0 Å². The van der Waals surface area contributed by atoms with E-state index in [9.17, 15) is 18.0 Å². The monoisotopic (exact) mass is 299 g/mol. The standard InChI is InChI=1S/C14H16F3N3O/c15-14(16,17)11-9-10(1-5-19-11)20-8-4-13(12(20)21)2-6-18-7-3-13/h1,5,9,18H,2-4,6-8H2. The van der Waals surface area contributed by atoms with Gasteiger partial charge in [-0.05, 0) is 44.5 Å². The Morgan fingerprint density at radius 3 is 2.62 bits per heavy atom. The number of halogens is 3. The van der Waals surface area contributed by atoms with E-state index in [4.69, 9.17) is 0 Å². The predicted molar refractivity (Wildman–Crippen MR) is 70.7 cm³/mol. The highest BCUT2D eigenvalue weighted by atomic mass is 19.4. The van der Waals surface area contributed by atoms with Crippen molar-refractivity contribution in [2.45, 2.75) is 25.4 Å². The third-order valence-electron chi connectivity index (χ3n) is 4.42. The maximum Gasteiger partial charge on any atom is 0.433 e. The molecule has 1 N–H and O–H groups in total. The molecule has 0 radical (unpaired) electrons. The summed E-state index contributed by atoms with van der Waals surface area (Å²) >= 11 is 0. The van der Waals surface area contributed by atoms with Crippen LogP contribution in [-0.4, -0.2) is 30.5 Å². The van der Waals surface area contributed by atoms with Crippen molar-refractivity contribution in [3.05, 3.63) is 24.0 Å². The summed E-state index contributed by atoms with van der Waals surface area (Å²) < 4.78 is 38.2. The number of amides is 1. The minimum atomic E-state index is -4.49. The zero-order chi connectivity index (χ0) is 15.1. The molecule has 1 amide bonds. The van der Waals surface area contributed by atoms with Gasteiger partial charge in [0.15, 0.2) is 0 Å². The van der Waals surface area contributed by atoms with E-state index >= 15 is 0 Å². The number of piperidine rings is 1. The van der Waals surface area contributed by atoms with Gasteiger partial charge in [0.2, 0.25) is 5.91 Å². The minimum Gasteiger partial charge on any atom is -0.317 e. The molecule has 0 atom stereocenters. The highest BCUT2D eigenvalue weighted by Crippen LogP contribution is 2.42. The molecule has 4 nitrogen and oxygen atoms in total. The molecular formula is C14H16F3N3O. The van der Waals surface area contributed by atoms with Gasteiger partial charge >= 0.3 is 6.18 Å². The normalized spacial score (nSPS) is 22.0. The SMILES string of the molecule is O=C1N(c2ccnc(C(F)(F)F)c2)CCC12CCNCC2. The average molecular weight is 299 g/mol. The van der Waals surface area contributed by atoms with E-state index in [1.54, 1.807) is 0 Å². The van der Waals surface area contributed by atoms with Gasteiger partial charge in [-0.1, -0.05) is 0 Å². The molecule has 3 rings (SSSR count). The second-order valence-corrected chi connectivity index (χ2v) is 5.63. The molecule has 7 heteroatoms. The Kier molecular flexibility index (Phi) is 3.39. The lowest BCUT2D eigenvalue weighted by molar-refractivity contribution is -0.141. The fraction of sp³-hybridized carbons (Fsp3) is 0.571. The molecule has 3 heterocycles. The summed E-state index contributed by atoms with van der Waals surface area (Å²) in [7, 11) is 0. The van der Waals surface area contributed by atoms with E-state index in [1.165, 1.54) is 11.0 Å². The van der Waals surface area contributed by atoms with Crippen LogP contribution < -0.4 is 10.2 Å². The molecule has 0 saturated carbocycles.